The Balaban J connectivity index is 1.53. The van der Waals surface area contributed by atoms with E-state index in [1.54, 1.807) is 0 Å². The summed E-state index contributed by atoms with van der Waals surface area (Å²) >= 11 is 0. The highest BCUT2D eigenvalue weighted by molar-refractivity contribution is 5.79. The summed E-state index contributed by atoms with van der Waals surface area (Å²) in [5.41, 5.74) is 0.386. The third-order valence-electron chi connectivity index (χ3n) is 4.60. The minimum Gasteiger partial charge on any atom is -0.454 e. The van der Waals surface area contributed by atoms with Gasteiger partial charge >= 0.3 is 0 Å². The fraction of sp³-hybridized carbons (Fsp3) is 0.556. The van der Waals surface area contributed by atoms with Crippen molar-refractivity contribution < 1.29 is 14.3 Å². The zero-order valence-corrected chi connectivity index (χ0v) is 14.0. The fourth-order valence-electron chi connectivity index (χ4n) is 3.38. The first-order chi connectivity index (χ1) is 11.6. The van der Waals surface area contributed by atoms with Gasteiger partial charge < -0.3 is 14.8 Å². The van der Waals surface area contributed by atoms with Crippen LogP contribution in [-0.2, 0) is 11.3 Å². The molecular weight excluding hydrogens is 306 g/mol. The van der Waals surface area contributed by atoms with E-state index >= 15 is 0 Å². The predicted molar refractivity (Wildman–Crippen MR) is 88.5 cm³/mol. The number of ether oxygens (including phenoxy) is 2. The number of benzene rings is 1. The summed E-state index contributed by atoms with van der Waals surface area (Å²) < 4.78 is 10.7. The van der Waals surface area contributed by atoms with Crippen molar-refractivity contribution in [3.05, 3.63) is 23.8 Å². The van der Waals surface area contributed by atoms with E-state index in [1.165, 1.54) is 0 Å². The molecule has 0 radical (unpaired) electrons. The van der Waals surface area contributed by atoms with Crippen LogP contribution in [-0.4, -0.2) is 36.7 Å². The molecular formula is C18H23N3O3. The van der Waals surface area contributed by atoms with Crippen molar-refractivity contribution >= 4 is 5.91 Å². The van der Waals surface area contributed by atoms with Crippen LogP contribution in [0.5, 0.6) is 11.5 Å². The molecule has 1 aliphatic carbocycles. The average Bonchev–Trinajstić information content (AvgIpc) is 3.03. The smallest absolute Gasteiger partial charge is 0.235 e. The maximum atomic E-state index is 12.3. The van der Waals surface area contributed by atoms with Gasteiger partial charge in [0.25, 0.3) is 0 Å². The molecule has 0 saturated heterocycles. The van der Waals surface area contributed by atoms with Crippen molar-refractivity contribution in [3.8, 4) is 17.6 Å². The molecule has 2 aliphatic rings. The molecule has 0 unspecified atom stereocenters. The molecule has 0 spiro atoms. The van der Waals surface area contributed by atoms with Crippen LogP contribution in [0, 0.1) is 11.3 Å². The van der Waals surface area contributed by atoms with Crippen molar-refractivity contribution in [1.29, 1.82) is 5.26 Å². The Bertz CT molecular complexity index is 647. The molecule has 24 heavy (non-hydrogen) atoms. The van der Waals surface area contributed by atoms with Crippen LogP contribution in [0.4, 0.5) is 0 Å². The fourth-order valence-corrected chi connectivity index (χ4v) is 3.38. The number of amides is 1. The molecule has 1 aromatic carbocycles. The molecule has 0 aromatic heterocycles. The largest absolute Gasteiger partial charge is 0.454 e. The Labute approximate surface area is 142 Å². The zero-order chi connectivity index (χ0) is 17.0. The number of rotatable bonds is 5. The summed E-state index contributed by atoms with van der Waals surface area (Å²) in [6, 6.07) is 8.12. The number of nitriles is 1. The number of likely N-dealkylation sites (N-methyl/N-ethyl adjacent to an activating group) is 1. The third-order valence-corrected chi connectivity index (χ3v) is 4.60. The molecule has 128 valence electrons. The SMILES string of the molecule is CN(CC(=O)NC1(C#N)CCCCC1)Cc1ccc2c(c1)OCO2. The van der Waals surface area contributed by atoms with Crippen LogP contribution >= 0.6 is 0 Å². The maximum Gasteiger partial charge on any atom is 0.235 e. The molecule has 1 heterocycles. The van der Waals surface area contributed by atoms with Crippen LogP contribution in [0.25, 0.3) is 0 Å². The molecule has 0 atom stereocenters. The second kappa shape index (κ2) is 7.10. The monoisotopic (exact) mass is 329 g/mol. The molecule has 0 bridgehead atoms. The second-order valence-electron chi connectivity index (χ2n) is 6.66. The normalized spacial score (nSPS) is 18.2. The van der Waals surface area contributed by atoms with E-state index < -0.39 is 5.54 Å². The summed E-state index contributed by atoms with van der Waals surface area (Å²) in [6.07, 6.45) is 4.65. The Morgan fingerprint density at radius 3 is 2.79 bits per heavy atom. The lowest BCUT2D eigenvalue weighted by molar-refractivity contribution is -0.123. The second-order valence-corrected chi connectivity index (χ2v) is 6.66. The van der Waals surface area contributed by atoms with E-state index in [1.807, 2.05) is 30.1 Å². The number of fused-ring (bicyclic) bond motifs is 1. The van der Waals surface area contributed by atoms with E-state index in [-0.39, 0.29) is 19.2 Å². The van der Waals surface area contributed by atoms with Gasteiger partial charge in [-0.05, 0) is 37.6 Å². The highest BCUT2D eigenvalue weighted by Crippen LogP contribution is 2.32. The number of hydrogen-bond donors (Lipinski definition) is 1. The number of nitrogens with zero attached hydrogens (tertiary/aromatic N) is 2. The molecule has 1 fully saturated rings. The molecule has 1 aliphatic heterocycles. The minimum absolute atomic E-state index is 0.0957. The summed E-state index contributed by atoms with van der Waals surface area (Å²) in [7, 11) is 1.89. The molecule has 1 amide bonds. The van der Waals surface area contributed by atoms with E-state index in [9.17, 15) is 10.1 Å². The number of carbonyl (C=O) groups excluding carboxylic acids is 1. The van der Waals surface area contributed by atoms with Crippen LogP contribution in [0.1, 0.15) is 37.7 Å². The lowest BCUT2D eigenvalue weighted by Crippen LogP contribution is -2.51. The summed E-state index contributed by atoms with van der Waals surface area (Å²) in [5.74, 6) is 1.41. The van der Waals surface area contributed by atoms with Gasteiger partial charge in [-0.1, -0.05) is 25.3 Å². The van der Waals surface area contributed by atoms with Gasteiger partial charge in [0.15, 0.2) is 11.5 Å². The van der Waals surface area contributed by atoms with Gasteiger partial charge in [0.1, 0.15) is 5.54 Å². The Kier molecular flexibility index (Phi) is 4.91. The van der Waals surface area contributed by atoms with E-state index in [4.69, 9.17) is 9.47 Å². The number of carbonyl (C=O) groups is 1. The highest BCUT2D eigenvalue weighted by atomic mass is 16.7. The lowest BCUT2D eigenvalue weighted by Gasteiger charge is -2.32. The molecule has 1 N–H and O–H groups in total. The molecule has 6 nitrogen and oxygen atoms in total. The molecule has 1 aromatic rings. The van der Waals surface area contributed by atoms with Crippen LogP contribution in [0.2, 0.25) is 0 Å². The number of hydrogen-bond acceptors (Lipinski definition) is 5. The van der Waals surface area contributed by atoms with Crippen LogP contribution < -0.4 is 14.8 Å². The van der Waals surface area contributed by atoms with Crippen LogP contribution in [0.3, 0.4) is 0 Å². The summed E-state index contributed by atoms with van der Waals surface area (Å²) in [5, 5.41) is 12.4. The van der Waals surface area contributed by atoms with Crippen molar-refractivity contribution in [1.82, 2.24) is 10.2 Å². The summed E-state index contributed by atoms with van der Waals surface area (Å²) in [6.45, 7) is 1.15. The van der Waals surface area contributed by atoms with Gasteiger partial charge in [0.2, 0.25) is 12.7 Å². The van der Waals surface area contributed by atoms with Gasteiger partial charge in [-0.15, -0.1) is 0 Å². The van der Waals surface area contributed by atoms with Crippen molar-refractivity contribution in [3.63, 3.8) is 0 Å². The first-order valence-corrected chi connectivity index (χ1v) is 8.40. The van der Waals surface area contributed by atoms with Crippen LogP contribution in [0.15, 0.2) is 18.2 Å². The van der Waals surface area contributed by atoms with E-state index in [2.05, 4.69) is 11.4 Å². The minimum atomic E-state index is -0.672. The van der Waals surface area contributed by atoms with Gasteiger partial charge in [-0.2, -0.15) is 5.26 Å². The van der Waals surface area contributed by atoms with Gasteiger partial charge in [0.05, 0.1) is 12.6 Å². The van der Waals surface area contributed by atoms with E-state index in [0.29, 0.717) is 6.54 Å². The Morgan fingerprint density at radius 1 is 1.29 bits per heavy atom. The molecule has 1 saturated carbocycles. The Morgan fingerprint density at radius 2 is 2.04 bits per heavy atom. The first kappa shape index (κ1) is 16.6. The average molecular weight is 329 g/mol. The standard InChI is InChI=1S/C18H23N3O3/c1-21(10-14-5-6-15-16(9-14)24-13-23-15)11-17(22)20-18(12-19)7-3-2-4-8-18/h5-6,9H,2-4,7-8,10-11,13H2,1H3,(H,20,22). The van der Waals surface area contributed by atoms with Gasteiger partial charge in [0, 0.05) is 6.54 Å². The quantitative estimate of drug-likeness (QED) is 0.896. The van der Waals surface area contributed by atoms with E-state index in [0.717, 1.165) is 49.2 Å². The zero-order valence-electron chi connectivity index (χ0n) is 14.0. The Hall–Kier alpha value is -2.26. The molecule has 3 rings (SSSR count). The molecule has 6 heteroatoms. The van der Waals surface area contributed by atoms with Crippen molar-refractivity contribution in [2.45, 2.75) is 44.2 Å². The first-order valence-electron chi connectivity index (χ1n) is 8.40. The maximum absolute atomic E-state index is 12.3. The van der Waals surface area contributed by atoms with Crippen molar-refractivity contribution in [2.75, 3.05) is 20.4 Å². The van der Waals surface area contributed by atoms with Crippen molar-refractivity contribution in [2.24, 2.45) is 0 Å². The van der Waals surface area contributed by atoms with Gasteiger partial charge in [-0.3, -0.25) is 9.69 Å². The lowest BCUT2D eigenvalue weighted by atomic mass is 9.83. The number of nitrogens with one attached hydrogen (secondary N) is 1. The van der Waals surface area contributed by atoms with Gasteiger partial charge in [-0.25, -0.2) is 0 Å². The third kappa shape index (κ3) is 3.80. The summed E-state index contributed by atoms with van der Waals surface area (Å²) in [4.78, 5) is 14.2. The topological polar surface area (TPSA) is 74.6 Å². The highest BCUT2D eigenvalue weighted by Gasteiger charge is 2.33. The predicted octanol–water partition coefficient (Wildman–Crippen LogP) is 2.19.